The van der Waals surface area contributed by atoms with Gasteiger partial charge >= 0.3 is 0 Å². The van der Waals surface area contributed by atoms with Crippen LogP contribution in [-0.2, 0) is 0 Å². The van der Waals surface area contributed by atoms with E-state index in [2.05, 4.69) is 35.8 Å². The lowest BCUT2D eigenvalue weighted by atomic mass is 10.0. The first-order valence-electron chi connectivity index (χ1n) is 5.43. The lowest BCUT2D eigenvalue weighted by Gasteiger charge is -2.14. The minimum absolute atomic E-state index is 0.0929. The molecule has 0 spiro atoms. The number of methoxy groups -OCH3 is 1. The average molecular weight is 304 g/mol. The first kappa shape index (κ1) is 12.3. The van der Waals surface area contributed by atoms with Gasteiger partial charge in [-0.15, -0.1) is 11.6 Å². The van der Waals surface area contributed by atoms with E-state index in [0.717, 1.165) is 15.8 Å². The van der Waals surface area contributed by atoms with Crippen LogP contribution < -0.4 is 4.74 Å². The fraction of sp³-hybridized carbons (Fsp3) is 0.538. The molecule has 1 saturated carbocycles. The van der Waals surface area contributed by atoms with Crippen molar-refractivity contribution in [2.75, 3.05) is 7.11 Å². The normalized spacial score (nSPS) is 23.9. The highest BCUT2D eigenvalue weighted by Gasteiger charge is 2.50. The number of benzene rings is 1. The predicted molar refractivity (Wildman–Crippen MR) is 71.2 cm³/mol. The van der Waals surface area contributed by atoms with Gasteiger partial charge in [0.15, 0.2) is 0 Å². The summed E-state index contributed by atoms with van der Waals surface area (Å²) in [5.74, 6) is 1.44. The summed E-state index contributed by atoms with van der Waals surface area (Å²) < 4.78 is 6.21. The SMILES string of the molecule is COc1ccc(C(Cl)C2CC2(C)C)c(Br)c1. The van der Waals surface area contributed by atoms with Gasteiger partial charge in [0.25, 0.3) is 0 Å². The standard InChI is InChI=1S/C13H16BrClO/c1-13(2)7-10(13)12(15)9-5-4-8(16-3)6-11(9)14/h4-6,10,12H,7H2,1-3H3. The summed E-state index contributed by atoms with van der Waals surface area (Å²) >= 11 is 10.1. The predicted octanol–water partition coefficient (Wildman–Crippen LogP) is 4.78. The molecule has 2 unspecified atom stereocenters. The minimum atomic E-state index is 0.0929. The summed E-state index contributed by atoms with van der Waals surface area (Å²) in [5, 5.41) is 0.0929. The van der Waals surface area contributed by atoms with E-state index >= 15 is 0 Å². The molecule has 3 heteroatoms. The Balaban J connectivity index is 2.21. The Hall–Kier alpha value is -0.210. The maximum atomic E-state index is 6.52. The van der Waals surface area contributed by atoms with E-state index in [0.29, 0.717) is 11.3 Å². The minimum Gasteiger partial charge on any atom is -0.497 e. The Morgan fingerprint density at radius 3 is 2.56 bits per heavy atom. The van der Waals surface area contributed by atoms with Crippen LogP contribution >= 0.6 is 27.5 Å². The molecule has 0 amide bonds. The van der Waals surface area contributed by atoms with Gasteiger partial charge in [-0.25, -0.2) is 0 Å². The van der Waals surface area contributed by atoms with Crippen LogP contribution in [0.5, 0.6) is 5.75 Å². The van der Waals surface area contributed by atoms with E-state index in [1.807, 2.05) is 12.1 Å². The van der Waals surface area contributed by atoms with Gasteiger partial charge in [-0.2, -0.15) is 0 Å². The van der Waals surface area contributed by atoms with Gasteiger partial charge in [-0.3, -0.25) is 0 Å². The number of hydrogen-bond donors (Lipinski definition) is 0. The Kier molecular flexibility index (Phi) is 3.24. The number of halogens is 2. The third-order valence-corrected chi connectivity index (χ3v) is 4.67. The van der Waals surface area contributed by atoms with Crippen LogP contribution in [0.15, 0.2) is 22.7 Å². The maximum Gasteiger partial charge on any atom is 0.120 e. The average Bonchev–Trinajstić information content (AvgIpc) is 2.86. The highest BCUT2D eigenvalue weighted by atomic mass is 79.9. The van der Waals surface area contributed by atoms with Gasteiger partial charge in [-0.1, -0.05) is 35.8 Å². The molecule has 0 aromatic heterocycles. The molecule has 0 saturated heterocycles. The van der Waals surface area contributed by atoms with Crippen molar-refractivity contribution in [2.24, 2.45) is 11.3 Å². The van der Waals surface area contributed by atoms with Crippen LogP contribution in [0.3, 0.4) is 0 Å². The molecular formula is C13H16BrClO. The molecule has 0 bridgehead atoms. The number of alkyl halides is 1. The van der Waals surface area contributed by atoms with Gasteiger partial charge in [0.05, 0.1) is 12.5 Å². The Morgan fingerprint density at radius 2 is 2.12 bits per heavy atom. The van der Waals surface area contributed by atoms with Crippen LogP contribution in [0.1, 0.15) is 31.2 Å². The second kappa shape index (κ2) is 4.23. The van der Waals surface area contributed by atoms with Crippen molar-refractivity contribution in [3.63, 3.8) is 0 Å². The van der Waals surface area contributed by atoms with E-state index in [1.54, 1.807) is 7.11 Å². The largest absolute Gasteiger partial charge is 0.497 e. The molecule has 0 aliphatic heterocycles. The molecule has 1 aromatic carbocycles. The molecule has 16 heavy (non-hydrogen) atoms. The number of rotatable bonds is 3. The first-order chi connectivity index (χ1) is 7.45. The molecule has 1 aliphatic carbocycles. The summed E-state index contributed by atoms with van der Waals surface area (Å²) in [5.41, 5.74) is 1.56. The van der Waals surface area contributed by atoms with Crippen molar-refractivity contribution in [3.8, 4) is 5.75 Å². The Morgan fingerprint density at radius 1 is 1.50 bits per heavy atom. The third kappa shape index (κ3) is 2.23. The van der Waals surface area contributed by atoms with Gasteiger partial charge in [-0.05, 0) is 35.4 Å². The monoisotopic (exact) mass is 302 g/mol. The summed E-state index contributed by atoms with van der Waals surface area (Å²) in [6, 6.07) is 5.99. The highest BCUT2D eigenvalue weighted by molar-refractivity contribution is 9.10. The molecule has 1 fully saturated rings. The van der Waals surface area contributed by atoms with Gasteiger partial charge in [0.1, 0.15) is 5.75 Å². The molecule has 2 atom stereocenters. The topological polar surface area (TPSA) is 9.23 Å². The Labute approximate surface area is 110 Å². The van der Waals surface area contributed by atoms with Crippen molar-refractivity contribution < 1.29 is 4.74 Å². The molecule has 0 radical (unpaired) electrons. The van der Waals surface area contributed by atoms with Crippen molar-refractivity contribution in [3.05, 3.63) is 28.2 Å². The molecule has 0 N–H and O–H groups in total. The zero-order chi connectivity index (χ0) is 11.9. The summed E-state index contributed by atoms with van der Waals surface area (Å²) in [4.78, 5) is 0. The molecule has 1 nitrogen and oxygen atoms in total. The fourth-order valence-corrected chi connectivity index (χ4v) is 3.44. The smallest absolute Gasteiger partial charge is 0.120 e. The Bertz CT molecular complexity index is 403. The fourth-order valence-electron chi connectivity index (χ4n) is 2.08. The molecule has 2 rings (SSSR count). The second-order valence-corrected chi connectivity index (χ2v) is 6.41. The summed E-state index contributed by atoms with van der Waals surface area (Å²) in [7, 11) is 1.67. The quantitative estimate of drug-likeness (QED) is 0.730. The van der Waals surface area contributed by atoms with E-state index in [4.69, 9.17) is 16.3 Å². The van der Waals surface area contributed by atoms with Crippen LogP contribution in [-0.4, -0.2) is 7.11 Å². The van der Waals surface area contributed by atoms with Crippen molar-refractivity contribution in [1.82, 2.24) is 0 Å². The van der Waals surface area contributed by atoms with E-state index in [-0.39, 0.29) is 5.38 Å². The number of hydrogen-bond acceptors (Lipinski definition) is 1. The van der Waals surface area contributed by atoms with E-state index in [1.165, 1.54) is 6.42 Å². The van der Waals surface area contributed by atoms with Crippen molar-refractivity contribution in [2.45, 2.75) is 25.6 Å². The maximum absolute atomic E-state index is 6.52. The van der Waals surface area contributed by atoms with Crippen molar-refractivity contribution in [1.29, 1.82) is 0 Å². The van der Waals surface area contributed by atoms with Gasteiger partial charge in [0, 0.05) is 4.47 Å². The van der Waals surface area contributed by atoms with E-state index in [9.17, 15) is 0 Å². The van der Waals surface area contributed by atoms with Crippen LogP contribution in [0.2, 0.25) is 0 Å². The van der Waals surface area contributed by atoms with Crippen molar-refractivity contribution >= 4 is 27.5 Å². The highest BCUT2D eigenvalue weighted by Crippen LogP contribution is 2.60. The zero-order valence-corrected chi connectivity index (χ0v) is 12.1. The first-order valence-corrected chi connectivity index (χ1v) is 6.66. The van der Waals surface area contributed by atoms with E-state index < -0.39 is 0 Å². The zero-order valence-electron chi connectivity index (χ0n) is 9.76. The van der Waals surface area contributed by atoms with Gasteiger partial charge < -0.3 is 4.74 Å². The molecular weight excluding hydrogens is 287 g/mol. The molecule has 1 aromatic rings. The second-order valence-electron chi connectivity index (χ2n) is 5.09. The molecule has 88 valence electrons. The third-order valence-electron chi connectivity index (χ3n) is 3.45. The van der Waals surface area contributed by atoms with Crippen LogP contribution in [0.4, 0.5) is 0 Å². The van der Waals surface area contributed by atoms with Gasteiger partial charge in [0.2, 0.25) is 0 Å². The molecule has 0 heterocycles. The van der Waals surface area contributed by atoms with Crippen LogP contribution in [0, 0.1) is 11.3 Å². The summed E-state index contributed by atoms with van der Waals surface area (Å²) in [6.45, 7) is 4.54. The van der Waals surface area contributed by atoms with Crippen LogP contribution in [0.25, 0.3) is 0 Å². The molecule has 1 aliphatic rings. The lowest BCUT2D eigenvalue weighted by molar-refractivity contribution is 0.414. The number of ether oxygens (including phenoxy) is 1. The summed E-state index contributed by atoms with van der Waals surface area (Å²) in [6.07, 6.45) is 1.21. The lowest BCUT2D eigenvalue weighted by Crippen LogP contribution is -2.00.